The number of nitrogens with zero attached hydrogens (tertiary/aromatic N) is 2. The topological polar surface area (TPSA) is 88.2 Å². The van der Waals surface area contributed by atoms with Crippen LogP contribution >= 0.6 is 23.2 Å². The number of sulfonamides is 1. The zero-order chi connectivity index (χ0) is 23.1. The Hall–Kier alpha value is -2.04. The van der Waals surface area contributed by atoms with Crippen LogP contribution in [0.15, 0.2) is 47.4 Å². The summed E-state index contributed by atoms with van der Waals surface area (Å²) in [5, 5.41) is 3.62. The van der Waals surface area contributed by atoms with Gasteiger partial charge in [0.05, 0.1) is 17.0 Å². The number of methoxy groups -OCH3 is 1. The molecular weight excluding hydrogens is 477 g/mol. The number of piperazine rings is 1. The van der Waals surface area contributed by atoms with Gasteiger partial charge in [-0.05, 0) is 42.5 Å². The first-order valence-electron chi connectivity index (χ1n) is 10.0. The Bertz CT molecular complexity index is 1030. The van der Waals surface area contributed by atoms with Crippen LogP contribution in [0.4, 0.5) is 0 Å². The van der Waals surface area contributed by atoms with Gasteiger partial charge in [0.2, 0.25) is 10.0 Å². The number of hydrogen-bond donors (Lipinski definition) is 1. The molecule has 0 bridgehead atoms. The van der Waals surface area contributed by atoms with Crippen LogP contribution < -0.4 is 14.8 Å². The van der Waals surface area contributed by atoms with E-state index >= 15 is 0 Å². The number of benzene rings is 2. The van der Waals surface area contributed by atoms with Gasteiger partial charge in [-0.25, -0.2) is 8.42 Å². The number of halogens is 2. The molecule has 1 heterocycles. The summed E-state index contributed by atoms with van der Waals surface area (Å²) in [6.45, 7) is 2.84. The van der Waals surface area contributed by atoms with Crippen molar-refractivity contribution in [1.29, 1.82) is 0 Å². The average Bonchev–Trinajstić information content (AvgIpc) is 2.79. The van der Waals surface area contributed by atoms with Gasteiger partial charge < -0.3 is 14.8 Å². The Labute approximate surface area is 198 Å². The highest BCUT2D eigenvalue weighted by atomic mass is 35.5. The van der Waals surface area contributed by atoms with E-state index in [1.165, 1.54) is 11.4 Å². The van der Waals surface area contributed by atoms with Crippen LogP contribution in [-0.4, -0.2) is 76.5 Å². The molecule has 2 aromatic rings. The standard InChI is InChI=1S/C21H25Cl2N3O5S/c1-30-17-3-5-18(6-4-17)32(28,29)26-12-10-25(11-13-26)9-8-24-21(27)15-31-20-7-2-16(22)14-19(20)23/h2-7,14H,8-13,15H2,1H3,(H,24,27). The van der Waals surface area contributed by atoms with E-state index in [4.69, 9.17) is 32.7 Å². The third-order valence-electron chi connectivity index (χ3n) is 5.03. The highest BCUT2D eigenvalue weighted by Crippen LogP contribution is 2.27. The predicted molar refractivity (Wildman–Crippen MR) is 123 cm³/mol. The van der Waals surface area contributed by atoms with Crippen molar-refractivity contribution in [3.05, 3.63) is 52.5 Å². The van der Waals surface area contributed by atoms with Gasteiger partial charge in [-0.1, -0.05) is 23.2 Å². The molecule has 0 radical (unpaired) electrons. The molecule has 32 heavy (non-hydrogen) atoms. The van der Waals surface area contributed by atoms with Crippen LogP contribution in [0, 0.1) is 0 Å². The zero-order valence-electron chi connectivity index (χ0n) is 17.6. The molecule has 0 unspecified atom stereocenters. The fraction of sp³-hybridized carbons (Fsp3) is 0.381. The van der Waals surface area contributed by atoms with Gasteiger partial charge in [0.1, 0.15) is 11.5 Å². The Morgan fingerprint density at radius 3 is 2.38 bits per heavy atom. The number of amides is 1. The molecule has 0 atom stereocenters. The number of hydrogen-bond acceptors (Lipinski definition) is 6. The molecule has 11 heteroatoms. The SMILES string of the molecule is COc1ccc(S(=O)(=O)N2CCN(CCNC(=O)COc3ccc(Cl)cc3Cl)CC2)cc1. The molecule has 2 aromatic carbocycles. The molecule has 0 aromatic heterocycles. The highest BCUT2D eigenvalue weighted by molar-refractivity contribution is 7.89. The summed E-state index contributed by atoms with van der Waals surface area (Å²) in [6.07, 6.45) is 0. The van der Waals surface area contributed by atoms with E-state index in [1.807, 2.05) is 0 Å². The van der Waals surface area contributed by atoms with Crippen molar-refractivity contribution in [3.63, 3.8) is 0 Å². The molecule has 1 aliphatic rings. The first-order chi connectivity index (χ1) is 15.3. The number of ether oxygens (including phenoxy) is 2. The molecule has 8 nitrogen and oxygen atoms in total. The lowest BCUT2D eigenvalue weighted by Crippen LogP contribution is -2.50. The molecule has 0 aliphatic carbocycles. The number of nitrogens with one attached hydrogen (secondary N) is 1. The summed E-state index contributed by atoms with van der Waals surface area (Å²) in [4.78, 5) is 14.4. The van der Waals surface area contributed by atoms with Crippen molar-refractivity contribution in [2.24, 2.45) is 0 Å². The van der Waals surface area contributed by atoms with Gasteiger partial charge in [0, 0.05) is 44.3 Å². The second kappa shape index (κ2) is 11.2. The number of rotatable bonds is 9. The van der Waals surface area contributed by atoms with E-state index in [2.05, 4.69) is 10.2 Å². The summed E-state index contributed by atoms with van der Waals surface area (Å²) in [5.74, 6) is 0.731. The van der Waals surface area contributed by atoms with Crippen LogP contribution in [0.5, 0.6) is 11.5 Å². The summed E-state index contributed by atoms with van der Waals surface area (Å²) < 4.78 is 37.6. The maximum atomic E-state index is 12.8. The Balaban J connectivity index is 1.38. The monoisotopic (exact) mass is 501 g/mol. The molecule has 1 N–H and O–H groups in total. The molecule has 1 amide bonds. The molecule has 1 fully saturated rings. The lowest BCUT2D eigenvalue weighted by molar-refractivity contribution is -0.123. The van der Waals surface area contributed by atoms with E-state index in [9.17, 15) is 13.2 Å². The average molecular weight is 502 g/mol. The fourth-order valence-electron chi connectivity index (χ4n) is 3.23. The van der Waals surface area contributed by atoms with Crippen molar-refractivity contribution in [3.8, 4) is 11.5 Å². The van der Waals surface area contributed by atoms with Gasteiger partial charge in [-0.2, -0.15) is 4.31 Å². The van der Waals surface area contributed by atoms with Crippen molar-refractivity contribution in [1.82, 2.24) is 14.5 Å². The minimum Gasteiger partial charge on any atom is -0.497 e. The second-order valence-corrected chi connectivity index (χ2v) is 9.92. The van der Waals surface area contributed by atoms with Crippen molar-refractivity contribution in [2.75, 3.05) is 53.0 Å². The maximum Gasteiger partial charge on any atom is 0.257 e. The molecule has 0 saturated carbocycles. The van der Waals surface area contributed by atoms with Crippen molar-refractivity contribution >= 4 is 39.1 Å². The van der Waals surface area contributed by atoms with Gasteiger partial charge >= 0.3 is 0 Å². The molecule has 0 spiro atoms. The molecule has 3 rings (SSSR count). The lowest BCUT2D eigenvalue weighted by Gasteiger charge is -2.34. The van der Waals surface area contributed by atoms with Gasteiger partial charge in [-0.15, -0.1) is 0 Å². The smallest absolute Gasteiger partial charge is 0.257 e. The second-order valence-electron chi connectivity index (χ2n) is 7.13. The number of carbonyl (C=O) groups excluding carboxylic acids is 1. The fourth-order valence-corrected chi connectivity index (χ4v) is 5.12. The highest BCUT2D eigenvalue weighted by Gasteiger charge is 2.28. The van der Waals surface area contributed by atoms with E-state index in [0.29, 0.717) is 60.8 Å². The molecule has 1 aliphatic heterocycles. The van der Waals surface area contributed by atoms with Crippen LogP contribution in [0.25, 0.3) is 0 Å². The summed E-state index contributed by atoms with van der Waals surface area (Å²) >= 11 is 11.8. The van der Waals surface area contributed by atoms with Crippen LogP contribution in [0.3, 0.4) is 0 Å². The normalized spacial score (nSPS) is 15.3. The van der Waals surface area contributed by atoms with E-state index in [1.54, 1.807) is 42.5 Å². The third-order valence-corrected chi connectivity index (χ3v) is 7.47. The first-order valence-corrected chi connectivity index (χ1v) is 12.2. The quantitative estimate of drug-likeness (QED) is 0.567. The number of carbonyl (C=O) groups is 1. The minimum atomic E-state index is -3.54. The molecule has 1 saturated heterocycles. The zero-order valence-corrected chi connectivity index (χ0v) is 19.9. The van der Waals surface area contributed by atoms with Crippen molar-refractivity contribution < 1.29 is 22.7 Å². The lowest BCUT2D eigenvalue weighted by atomic mass is 10.3. The maximum absolute atomic E-state index is 12.8. The molecular formula is C21H25Cl2N3O5S. The summed E-state index contributed by atoms with van der Waals surface area (Å²) in [5.41, 5.74) is 0. The van der Waals surface area contributed by atoms with Gasteiger partial charge in [0.15, 0.2) is 6.61 Å². The van der Waals surface area contributed by atoms with Crippen molar-refractivity contribution in [2.45, 2.75) is 4.90 Å². The van der Waals surface area contributed by atoms with Gasteiger partial charge in [0.25, 0.3) is 5.91 Å². The Morgan fingerprint density at radius 1 is 1.06 bits per heavy atom. The predicted octanol–water partition coefficient (Wildman–Crippen LogP) is 2.50. The van der Waals surface area contributed by atoms with Crippen LogP contribution in [0.2, 0.25) is 10.0 Å². The first kappa shape index (κ1) is 24.6. The summed E-state index contributed by atoms with van der Waals surface area (Å²) in [6, 6.07) is 11.2. The van der Waals surface area contributed by atoms with Gasteiger partial charge in [-0.3, -0.25) is 9.69 Å². The minimum absolute atomic E-state index is 0.158. The van der Waals surface area contributed by atoms with Crippen LogP contribution in [0.1, 0.15) is 0 Å². The van der Waals surface area contributed by atoms with E-state index < -0.39 is 10.0 Å². The Morgan fingerprint density at radius 2 is 1.75 bits per heavy atom. The molecule has 174 valence electrons. The Kier molecular flexibility index (Phi) is 8.61. The third kappa shape index (κ3) is 6.49. The largest absolute Gasteiger partial charge is 0.497 e. The van der Waals surface area contributed by atoms with E-state index in [0.717, 1.165) is 0 Å². The summed E-state index contributed by atoms with van der Waals surface area (Å²) in [7, 11) is -2.00. The van der Waals surface area contributed by atoms with Crippen LogP contribution in [-0.2, 0) is 14.8 Å². The van der Waals surface area contributed by atoms with E-state index in [-0.39, 0.29) is 17.4 Å².